The monoisotopic (exact) mass is 802 g/mol. The molecule has 272 valence electrons. The van der Waals surface area contributed by atoms with E-state index in [4.69, 9.17) is 55.9 Å². The standard InChI is InChI=1S/C40H26Cl4N2O8/c41-29-17-19-31(43)35(39(48)49)33(29)37(46-52)23-5-13-27(14-6-23)53-25-9-1-21(2-10-25)22-3-11-26(12-4-22)54-28-15-7-24(8-16-28)45-38(47)34-30(42)18-20-32(44)36(34)40(50)51/h1-20,37,46,52H,(H,45,47)(H,48,49)(H,50,51). The molecule has 0 aromatic heterocycles. The number of nitrogens with one attached hydrogen (secondary N) is 2. The Morgan fingerprint density at radius 1 is 0.500 bits per heavy atom. The maximum absolute atomic E-state index is 12.9. The third-order valence-electron chi connectivity index (χ3n) is 8.16. The van der Waals surface area contributed by atoms with Gasteiger partial charge in [-0.1, -0.05) is 82.8 Å². The second kappa shape index (κ2) is 16.6. The van der Waals surface area contributed by atoms with Gasteiger partial charge in [0, 0.05) is 16.3 Å². The molecule has 0 aliphatic carbocycles. The molecule has 6 aromatic carbocycles. The summed E-state index contributed by atoms with van der Waals surface area (Å²) < 4.78 is 12.0. The van der Waals surface area contributed by atoms with Crippen molar-refractivity contribution in [1.29, 1.82) is 0 Å². The highest BCUT2D eigenvalue weighted by atomic mass is 35.5. The van der Waals surface area contributed by atoms with Gasteiger partial charge >= 0.3 is 11.9 Å². The molecule has 0 saturated carbocycles. The molecule has 0 bridgehead atoms. The second-order valence-corrected chi connectivity index (χ2v) is 13.2. The summed E-state index contributed by atoms with van der Waals surface area (Å²) in [6, 6.07) is 32.7. The fraction of sp³-hybridized carbons (Fsp3) is 0.0250. The normalized spacial score (nSPS) is 11.4. The molecule has 0 radical (unpaired) electrons. The van der Waals surface area contributed by atoms with Crippen LogP contribution < -0.4 is 20.3 Å². The van der Waals surface area contributed by atoms with E-state index < -0.39 is 23.9 Å². The number of anilines is 1. The van der Waals surface area contributed by atoms with Crippen LogP contribution in [0.25, 0.3) is 11.1 Å². The molecule has 0 fully saturated rings. The highest BCUT2D eigenvalue weighted by Crippen LogP contribution is 2.36. The van der Waals surface area contributed by atoms with Gasteiger partial charge in [0.2, 0.25) is 0 Å². The van der Waals surface area contributed by atoms with Gasteiger partial charge in [0.25, 0.3) is 5.91 Å². The topological polar surface area (TPSA) is 154 Å². The van der Waals surface area contributed by atoms with Crippen LogP contribution in [0.4, 0.5) is 5.69 Å². The largest absolute Gasteiger partial charge is 0.478 e. The highest BCUT2D eigenvalue weighted by molar-refractivity contribution is 6.39. The molecule has 6 aromatic rings. The highest BCUT2D eigenvalue weighted by Gasteiger charge is 2.26. The molecule has 54 heavy (non-hydrogen) atoms. The Labute approximate surface area is 328 Å². The molecule has 0 saturated heterocycles. The molecule has 0 heterocycles. The summed E-state index contributed by atoms with van der Waals surface area (Å²) in [5.41, 5.74) is 4.20. The van der Waals surface area contributed by atoms with Crippen molar-refractivity contribution in [3.8, 4) is 34.1 Å². The molecule has 1 unspecified atom stereocenters. The van der Waals surface area contributed by atoms with E-state index in [1.807, 2.05) is 48.5 Å². The Balaban J connectivity index is 1.07. The lowest BCUT2D eigenvalue weighted by Crippen LogP contribution is -2.22. The zero-order chi connectivity index (χ0) is 38.5. The number of carbonyl (C=O) groups excluding carboxylic acids is 1. The summed E-state index contributed by atoms with van der Waals surface area (Å²) in [7, 11) is 0. The van der Waals surface area contributed by atoms with Crippen molar-refractivity contribution in [2.45, 2.75) is 6.04 Å². The first kappa shape index (κ1) is 38.1. The summed E-state index contributed by atoms with van der Waals surface area (Å²) in [5.74, 6) is -1.21. The number of aromatic carboxylic acids is 2. The quantitative estimate of drug-likeness (QED) is 0.0760. The van der Waals surface area contributed by atoms with Crippen LogP contribution >= 0.6 is 46.4 Å². The number of amides is 1. The molecule has 0 aliphatic heterocycles. The van der Waals surface area contributed by atoms with Crippen LogP contribution in [0.3, 0.4) is 0 Å². The Kier molecular flexibility index (Phi) is 11.7. The molecule has 6 rings (SSSR count). The average Bonchev–Trinajstić information content (AvgIpc) is 3.16. The predicted molar refractivity (Wildman–Crippen MR) is 206 cm³/mol. The summed E-state index contributed by atoms with van der Waals surface area (Å²) in [5, 5.41) is 31.8. The molecule has 10 nitrogen and oxygen atoms in total. The number of hydroxylamine groups is 1. The van der Waals surface area contributed by atoms with Gasteiger partial charge in [-0.25, -0.2) is 9.59 Å². The molecule has 5 N–H and O–H groups in total. The minimum atomic E-state index is -1.37. The molecule has 1 amide bonds. The van der Waals surface area contributed by atoms with Crippen molar-refractivity contribution in [1.82, 2.24) is 5.48 Å². The van der Waals surface area contributed by atoms with E-state index in [0.717, 1.165) is 11.1 Å². The van der Waals surface area contributed by atoms with Crippen molar-refractivity contribution in [2.75, 3.05) is 5.32 Å². The summed E-state index contributed by atoms with van der Waals surface area (Å²) in [6.45, 7) is 0. The van der Waals surface area contributed by atoms with E-state index in [-0.39, 0.29) is 42.3 Å². The number of carbonyl (C=O) groups is 3. The summed E-state index contributed by atoms with van der Waals surface area (Å²) >= 11 is 24.6. The zero-order valence-electron chi connectivity index (χ0n) is 27.5. The van der Waals surface area contributed by atoms with Crippen molar-refractivity contribution >= 4 is 69.9 Å². The number of rotatable bonds is 12. The number of carboxylic acid groups (broad SMARTS) is 2. The summed E-state index contributed by atoms with van der Waals surface area (Å²) in [4.78, 5) is 36.4. The predicted octanol–water partition coefficient (Wildman–Crippen LogP) is 11.3. The molecular weight excluding hydrogens is 778 g/mol. The van der Waals surface area contributed by atoms with Gasteiger partial charge in [-0.15, -0.1) is 0 Å². The summed E-state index contributed by atoms with van der Waals surface area (Å²) in [6.07, 6.45) is 0. The number of carboxylic acids is 2. The minimum Gasteiger partial charge on any atom is -0.478 e. The van der Waals surface area contributed by atoms with Crippen molar-refractivity contribution < 1.29 is 39.3 Å². The van der Waals surface area contributed by atoms with Crippen LogP contribution in [0.1, 0.15) is 48.2 Å². The zero-order valence-corrected chi connectivity index (χ0v) is 30.5. The first-order chi connectivity index (χ1) is 25.9. The van der Waals surface area contributed by atoms with E-state index in [0.29, 0.717) is 34.2 Å². The number of benzene rings is 6. The molecule has 14 heteroatoms. The maximum atomic E-state index is 12.9. The van der Waals surface area contributed by atoms with Gasteiger partial charge in [-0.05, 0) is 102 Å². The van der Waals surface area contributed by atoms with Gasteiger partial charge in [0.15, 0.2) is 0 Å². The SMILES string of the molecule is O=C(O)c1c(Cl)ccc(Cl)c1C(=O)Nc1ccc(Oc2ccc(-c3ccc(Oc4ccc(C(NO)c5c(Cl)ccc(Cl)c5C(=O)O)cc4)cc3)cc2)cc1. The van der Waals surface area contributed by atoms with Crippen LogP contribution in [0.2, 0.25) is 20.1 Å². The van der Waals surface area contributed by atoms with Crippen molar-refractivity contribution in [2.24, 2.45) is 0 Å². The van der Waals surface area contributed by atoms with Gasteiger partial charge < -0.3 is 30.2 Å². The van der Waals surface area contributed by atoms with E-state index in [2.05, 4.69) is 10.8 Å². The number of ether oxygens (including phenoxy) is 2. The van der Waals surface area contributed by atoms with E-state index in [1.165, 1.54) is 24.3 Å². The molecular formula is C40H26Cl4N2O8. The fourth-order valence-corrected chi connectivity index (χ4v) is 6.58. The van der Waals surface area contributed by atoms with E-state index >= 15 is 0 Å². The van der Waals surface area contributed by atoms with Crippen LogP contribution in [-0.4, -0.2) is 33.3 Å². The van der Waals surface area contributed by atoms with Gasteiger partial charge in [-0.3, -0.25) is 4.79 Å². The third kappa shape index (κ3) is 8.45. The first-order valence-electron chi connectivity index (χ1n) is 15.8. The third-order valence-corrected chi connectivity index (χ3v) is 9.43. The average molecular weight is 804 g/mol. The Bertz CT molecular complexity index is 2350. The lowest BCUT2D eigenvalue weighted by Gasteiger charge is -2.20. The molecule has 0 aliphatic rings. The van der Waals surface area contributed by atoms with Crippen LogP contribution in [0.15, 0.2) is 121 Å². The minimum absolute atomic E-state index is 0.00872. The Hall–Kier alpha value is -5.59. The number of halogens is 4. The number of hydrogen-bond donors (Lipinski definition) is 5. The Morgan fingerprint density at radius 2 is 0.889 bits per heavy atom. The first-order valence-corrected chi connectivity index (χ1v) is 17.3. The maximum Gasteiger partial charge on any atom is 0.338 e. The lowest BCUT2D eigenvalue weighted by molar-refractivity contribution is 0.0682. The van der Waals surface area contributed by atoms with Crippen LogP contribution in [-0.2, 0) is 0 Å². The van der Waals surface area contributed by atoms with Crippen molar-refractivity contribution in [3.63, 3.8) is 0 Å². The lowest BCUT2D eigenvalue weighted by atomic mass is 9.94. The molecule has 1 atom stereocenters. The van der Waals surface area contributed by atoms with Gasteiger partial charge in [-0.2, -0.15) is 5.48 Å². The van der Waals surface area contributed by atoms with Gasteiger partial charge in [0.05, 0.1) is 37.8 Å². The second-order valence-electron chi connectivity index (χ2n) is 11.6. The van der Waals surface area contributed by atoms with E-state index in [9.17, 15) is 29.8 Å². The fourth-order valence-electron chi connectivity index (χ4n) is 5.59. The van der Waals surface area contributed by atoms with E-state index in [1.54, 1.807) is 48.5 Å². The smallest absolute Gasteiger partial charge is 0.338 e. The molecule has 0 spiro atoms. The Morgan fingerprint density at radius 3 is 1.33 bits per heavy atom. The number of hydrogen-bond acceptors (Lipinski definition) is 7. The van der Waals surface area contributed by atoms with Crippen molar-refractivity contribution in [3.05, 3.63) is 169 Å². The van der Waals surface area contributed by atoms with Crippen LogP contribution in [0, 0.1) is 0 Å². The van der Waals surface area contributed by atoms with Gasteiger partial charge in [0.1, 0.15) is 23.0 Å². The van der Waals surface area contributed by atoms with Crippen LogP contribution in [0.5, 0.6) is 23.0 Å².